The molecule has 2 N–H and O–H groups in total. The molecule has 0 saturated heterocycles. The molecule has 0 radical (unpaired) electrons. The maximum absolute atomic E-state index is 13.5. The van der Waals surface area contributed by atoms with Crippen LogP contribution in [0.15, 0.2) is 54.6 Å². The molecule has 0 aliphatic heterocycles. The van der Waals surface area contributed by atoms with Crippen molar-refractivity contribution in [1.82, 2.24) is 0 Å². The molecule has 0 bridgehead atoms. The van der Waals surface area contributed by atoms with Crippen LogP contribution in [-0.2, 0) is 4.79 Å². The highest BCUT2D eigenvalue weighted by molar-refractivity contribution is 6.53. The number of carbonyl (C=O) groups is 2. The number of anilines is 2. The third kappa shape index (κ3) is 4.83. The molecule has 2 atom stereocenters. The minimum Gasteiger partial charge on any atom is -0.324 e. The summed E-state index contributed by atoms with van der Waals surface area (Å²) in [6.45, 7) is 0. The van der Waals surface area contributed by atoms with E-state index in [4.69, 9.17) is 58.0 Å². The molecular formula is C23H13Cl5F2N2O2. The molecule has 0 aromatic heterocycles. The predicted molar refractivity (Wildman–Crippen MR) is 132 cm³/mol. The number of amides is 2. The zero-order chi connectivity index (χ0) is 24.8. The number of rotatable bonds is 5. The Balaban J connectivity index is 1.55. The minimum atomic E-state index is -1.45. The monoisotopic (exact) mass is 562 g/mol. The molecule has 11 heteroatoms. The van der Waals surface area contributed by atoms with Crippen LogP contribution in [-0.4, -0.2) is 16.1 Å². The second kappa shape index (κ2) is 9.51. The molecule has 3 aromatic rings. The van der Waals surface area contributed by atoms with Crippen LogP contribution in [0.1, 0.15) is 21.8 Å². The molecule has 0 heterocycles. The lowest BCUT2D eigenvalue weighted by Crippen LogP contribution is -2.19. The highest BCUT2D eigenvalue weighted by Gasteiger charge is 2.67. The van der Waals surface area contributed by atoms with Crippen LogP contribution >= 0.6 is 58.0 Å². The number of carbonyl (C=O) groups excluding carboxylic acids is 2. The second-order valence-corrected chi connectivity index (χ2v) is 10.2. The van der Waals surface area contributed by atoms with Gasteiger partial charge in [-0.25, -0.2) is 8.78 Å². The highest BCUT2D eigenvalue weighted by atomic mass is 35.5. The summed E-state index contributed by atoms with van der Waals surface area (Å²) in [4.78, 5) is 25.7. The van der Waals surface area contributed by atoms with Crippen molar-refractivity contribution in [2.75, 3.05) is 10.6 Å². The molecule has 1 saturated carbocycles. The lowest BCUT2D eigenvalue weighted by Gasteiger charge is -2.13. The van der Waals surface area contributed by atoms with Crippen LogP contribution < -0.4 is 10.6 Å². The van der Waals surface area contributed by atoms with E-state index in [-0.39, 0.29) is 26.3 Å². The van der Waals surface area contributed by atoms with Crippen LogP contribution in [0.25, 0.3) is 0 Å². The minimum absolute atomic E-state index is 0.0388. The number of hydrogen-bond donors (Lipinski definition) is 2. The Morgan fingerprint density at radius 1 is 0.853 bits per heavy atom. The largest absolute Gasteiger partial charge is 0.324 e. The molecule has 0 spiro atoms. The van der Waals surface area contributed by atoms with Gasteiger partial charge in [0.05, 0.1) is 32.2 Å². The summed E-state index contributed by atoms with van der Waals surface area (Å²) in [6.07, 6.45) is 0. The fourth-order valence-corrected chi connectivity index (χ4v) is 5.17. The smallest absolute Gasteiger partial charge is 0.258 e. The molecule has 176 valence electrons. The van der Waals surface area contributed by atoms with Gasteiger partial charge in [0.15, 0.2) is 0 Å². The summed E-state index contributed by atoms with van der Waals surface area (Å²) in [7, 11) is 0. The van der Waals surface area contributed by atoms with Gasteiger partial charge in [0.1, 0.15) is 16.0 Å². The van der Waals surface area contributed by atoms with Gasteiger partial charge in [-0.15, -0.1) is 23.2 Å². The molecule has 1 aliphatic rings. The Labute approximate surface area is 218 Å². The first-order valence-corrected chi connectivity index (χ1v) is 11.6. The molecule has 2 amide bonds. The van der Waals surface area contributed by atoms with Crippen molar-refractivity contribution in [3.05, 3.63) is 92.4 Å². The van der Waals surface area contributed by atoms with Crippen LogP contribution in [0.3, 0.4) is 0 Å². The molecule has 1 fully saturated rings. The fraction of sp³-hybridized carbons (Fsp3) is 0.130. The van der Waals surface area contributed by atoms with Crippen LogP contribution in [0.4, 0.5) is 20.2 Å². The Kier molecular flexibility index (Phi) is 7.00. The average molecular weight is 565 g/mol. The van der Waals surface area contributed by atoms with Crippen LogP contribution in [0, 0.1) is 17.6 Å². The van der Waals surface area contributed by atoms with Crippen molar-refractivity contribution >= 4 is 81.2 Å². The topological polar surface area (TPSA) is 58.2 Å². The Morgan fingerprint density at radius 3 is 2.18 bits per heavy atom. The van der Waals surface area contributed by atoms with Gasteiger partial charge < -0.3 is 10.6 Å². The van der Waals surface area contributed by atoms with E-state index in [1.807, 2.05) is 0 Å². The van der Waals surface area contributed by atoms with Gasteiger partial charge in [-0.2, -0.15) is 0 Å². The quantitative estimate of drug-likeness (QED) is 0.312. The normalized spacial score (nSPS) is 18.3. The second-order valence-electron chi connectivity index (χ2n) is 7.54. The first-order valence-electron chi connectivity index (χ1n) is 9.69. The fourth-order valence-electron chi connectivity index (χ4n) is 3.57. The number of alkyl halides is 2. The number of halogens is 7. The molecule has 1 aliphatic carbocycles. The number of nitrogens with one attached hydrogen (secondary N) is 2. The van der Waals surface area contributed by atoms with Crippen LogP contribution in [0.2, 0.25) is 15.1 Å². The first kappa shape index (κ1) is 25.0. The van der Waals surface area contributed by atoms with E-state index in [0.717, 1.165) is 6.07 Å². The maximum Gasteiger partial charge on any atom is 0.258 e. The van der Waals surface area contributed by atoms with Gasteiger partial charge in [-0.05, 0) is 54.1 Å². The van der Waals surface area contributed by atoms with Crippen LogP contribution in [0.5, 0.6) is 0 Å². The molecule has 0 unspecified atom stereocenters. The van der Waals surface area contributed by atoms with Crippen molar-refractivity contribution < 1.29 is 18.4 Å². The third-order valence-corrected chi connectivity index (χ3v) is 7.25. The molecule has 4 rings (SSSR count). The molecular weight excluding hydrogens is 552 g/mol. The van der Waals surface area contributed by atoms with Crippen molar-refractivity contribution in [3.8, 4) is 0 Å². The molecule has 3 aromatic carbocycles. The number of hydrogen-bond acceptors (Lipinski definition) is 2. The summed E-state index contributed by atoms with van der Waals surface area (Å²) in [5, 5.41) is 4.98. The van der Waals surface area contributed by atoms with E-state index >= 15 is 0 Å². The molecule has 34 heavy (non-hydrogen) atoms. The van der Waals surface area contributed by atoms with E-state index in [1.54, 1.807) is 0 Å². The van der Waals surface area contributed by atoms with E-state index in [0.29, 0.717) is 11.3 Å². The lowest BCUT2D eigenvalue weighted by molar-refractivity contribution is -0.117. The summed E-state index contributed by atoms with van der Waals surface area (Å²) in [5.74, 6) is -3.82. The Bertz CT molecular complexity index is 1300. The first-order chi connectivity index (χ1) is 16.0. The van der Waals surface area contributed by atoms with Crippen molar-refractivity contribution in [2.45, 2.75) is 10.3 Å². The SMILES string of the molecule is O=C(Nc1ccc(F)cc1)c1c(Cl)ccc(NC(=O)[C@H]2[C@H](c3ccc(F)c(Cl)c3)C2(Cl)Cl)c1Cl. The Morgan fingerprint density at radius 2 is 1.53 bits per heavy atom. The highest BCUT2D eigenvalue weighted by Crippen LogP contribution is 2.65. The summed E-state index contributed by atoms with van der Waals surface area (Å²) < 4.78 is 25.2. The summed E-state index contributed by atoms with van der Waals surface area (Å²) in [5.41, 5.74) is 0.831. The Hall–Kier alpha value is -2.09. The summed E-state index contributed by atoms with van der Waals surface area (Å²) >= 11 is 31.1. The van der Waals surface area contributed by atoms with Crippen molar-refractivity contribution in [3.63, 3.8) is 0 Å². The third-order valence-electron chi connectivity index (χ3n) is 5.32. The zero-order valence-electron chi connectivity index (χ0n) is 16.8. The number of benzene rings is 3. The van der Waals surface area contributed by atoms with E-state index in [9.17, 15) is 18.4 Å². The van der Waals surface area contributed by atoms with Gasteiger partial charge >= 0.3 is 0 Å². The lowest BCUT2D eigenvalue weighted by atomic mass is 10.1. The predicted octanol–water partition coefficient (Wildman–Crippen LogP) is 7.70. The van der Waals surface area contributed by atoms with E-state index < -0.39 is 39.6 Å². The maximum atomic E-state index is 13.5. The standard InChI is InChI=1S/C23H13Cl5F2N2O2/c24-13-6-8-16(20(26)17(13)21(33)31-12-4-2-11(29)3-5-12)32-22(34)19-18(23(19,27)28)10-1-7-15(30)14(25)9-10/h1-9,18-19H,(H,31,33)(H,32,34)/t18-,19+/m0/s1. The van der Waals surface area contributed by atoms with Gasteiger partial charge in [0.2, 0.25) is 5.91 Å². The van der Waals surface area contributed by atoms with E-state index in [1.165, 1.54) is 48.5 Å². The van der Waals surface area contributed by atoms with Gasteiger partial charge in [-0.3, -0.25) is 9.59 Å². The van der Waals surface area contributed by atoms with Crippen molar-refractivity contribution in [2.24, 2.45) is 5.92 Å². The summed E-state index contributed by atoms with van der Waals surface area (Å²) in [6, 6.07) is 11.9. The average Bonchev–Trinajstić information content (AvgIpc) is 3.36. The van der Waals surface area contributed by atoms with E-state index in [2.05, 4.69) is 10.6 Å². The van der Waals surface area contributed by atoms with Gasteiger partial charge in [0.25, 0.3) is 5.91 Å². The zero-order valence-corrected chi connectivity index (χ0v) is 20.6. The van der Waals surface area contributed by atoms with Gasteiger partial charge in [-0.1, -0.05) is 40.9 Å². The van der Waals surface area contributed by atoms with Gasteiger partial charge in [0, 0.05) is 11.6 Å². The molecule has 4 nitrogen and oxygen atoms in total. The van der Waals surface area contributed by atoms with Crippen molar-refractivity contribution in [1.29, 1.82) is 0 Å².